The van der Waals surface area contributed by atoms with Crippen LogP contribution in [0.2, 0.25) is 0 Å². The number of fused-ring (bicyclic) bond motifs is 1. The van der Waals surface area contributed by atoms with Crippen molar-refractivity contribution in [2.24, 2.45) is 0 Å². The van der Waals surface area contributed by atoms with Crippen molar-refractivity contribution >= 4 is 17.5 Å². The smallest absolute Gasteiger partial charge is 0.243 e. The molecule has 1 aliphatic rings. The van der Waals surface area contributed by atoms with Gasteiger partial charge in [-0.05, 0) is 29.3 Å². The van der Waals surface area contributed by atoms with Crippen LogP contribution >= 0.6 is 0 Å². The van der Waals surface area contributed by atoms with Crippen molar-refractivity contribution in [1.82, 2.24) is 5.32 Å². The molecule has 2 amide bonds. The van der Waals surface area contributed by atoms with E-state index in [-0.39, 0.29) is 24.2 Å². The average molecular weight is 312 g/mol. The third kappa shape index (κ3) is 3.08. The summed E-state index contributed by atoms with van der Waals surface area (Å²) in [5.74, 6) is -0.739. The van der Waals surface area contributed by atoms with Gasteiger partial charge in [-0.25, -0.2) is 4.39 Å². The zero-order valence-corrected chi connectivity index (χ0v) is 12.8. The lowest BCUT2D eigenvalue weighted by atomic mass is 10.1. The fourth-order valence-electron chi connectivity index (χ4n) is 2.94. The molecule has 0 saturated carbocycles. The molecule has 1 aliphatic heterocycles. The first-order valence-corrected chi connectivity index (χ1v) is 7.46. The molecule has 0 unspecified atom stereocenters. The SMILES string of the molecule is CC(=O)N1c2ccccc2C[C@@H]1C(=O)NCc1cccc(F)c1. The summed E-state index contributed by atoms with van der Waals surface area (Å²) in [5, 5.41) is 2.79. The van der Waals surface area contributed by atoms with Crippen LogP contribution in [0, 0.1) is 5.82 Å². The van der Waals surface area contributed by atoms with Crippen LogP contribution in [0.15, 0.2) is 48.5 Å². The van der Waals surface area contributed by atoms with E-state index in [0.29, 0.717) is 12.0 Å². The number of nitrogens with zero attached hydrogens (tertiary/aromatic N) is 1. The standard InChI is InChI=1S/C18H17FN2O2/c1-12(22)21-16-8-3-2-6-14(16)10-17(21)18(23)20-11-13-5-4-7-15(19)9-13/h2-9,17H,10-11H2,1H3,(H,20,23)/t17-/m1/s1. The Morgan fingerprint density at radius 1 is 1.22 bits per heavy atom. The van der Waals surface area contributed by atoms with Gasteiger partial charge in [0.25, 0.3) is 0 Å². The van der Waals surface area contributed by atoms with Crippen LogP contribution in [0.4, 0.5) is 10.1 Å². The monoisotopic (exact) mass is 312 g/mol. The molecule has 0 radical (unpaired) electrons. The molecule has 0 aliphatic carbocycles. The first-order chi connectivity index (χ1) is 11.1. The maximum atomic E-state index is 13.2. The minimum absolute atomic E-state index is 0.166. The Labute approximate surface area is 133 Å². The minimum atomic E-state index is -0.557. The number of rotatable bonds is 3. The lowest BCUT2D eigenvalue weighted by molar-refractivity contribution is -0.125. The van der Waals surface area contributed by atoms with Crippen LogP contribution in [0.5, 0.6) is 0 Å². The number of anilines is 1. The molecule has 1 atom stereocenters. The highest BCUT2D eigenvalue weighted by molar-refractivity contribution is 6.02. The third-order valence-electron chi connectivity index (χ3n) is 3.97. The van der Waals surface area contributed by atoms with Gasteiger partial charge in [-0.2, -0.15) is 0 Å². The fraction of sp³-hybridized carbons (Fsp3) is 0.222. The van der Waals surface area contributed by atoms with Crippen LogP contribution in [-0.2, 0) is 22.6 Å². The molecule has 1 N–H and O–H groups in total. The Morgan fingerprint density at radius 2 is 2.00 bits per heavy atom. The second kappa shape index (κ2) is 6.20. The second-order valence-corrected chi connectivity index (χ2v) is 5.59. The van der Waals surface area contributed by atoms with E-state index in [0.717, 1.165) is 11.3 Å². The van der Waals surface area contributed by atoms with Crippen molar-refractivity contribution in [2.45, 2.75) is 25.9 Å². The Morgan fingerprint density at radius 3 is 2.74 bits per heavy atom. The first kappa shape index (κ1) is 15.2. The number of nitrogens with one attached hydrogen (secondary N) is 1. The highest BCUT2D eigenvalue weighted by Crippen LogP contribution is 2.32. The molecule has 0 saturated heterocycles. The topological polar surface area (TPSA) is 49.4 Å². The molecule has 0 bridgehead atoms. The van der Waals surface area contributed by atoms with E-state index in [4.69, 9.17) is 0 Å². The summed E-state index contributed by atoms with van der Waals surface area (Å²) in [7, 11) is 0. The van der Waals surface area contributed by atoms with Gasteiger partial charge in [-0.15, -0.1) is 0 Å². The minimum Gasteiger partial charge on any atom is -0.350 e. The van der Waals surface area contributed by atoms with Crippen LogP contribution in [0.1, 0.15) is 18.1 Å². The van der Waals surface area contributed by atoms with Crippen LogP contribution in [-0.4, -0.2) is 17.9 Å². The van der Waals surface area contributed by atoms with Crippen molar-refractivity contribution in [3.8, 4) is 0 Å². The van der Waals surface area contributed by atoms with Crippen LogP contribution < -0.4 is 10.2 Å². The van der Waals surface area contributed by atoms with Crippen LogP contribution in [0.3, 0.4) is 0 Å². The van der Waals surface area contributed by atoms with E-state index in [1.807, 2.05) is 24.3 Å². The quantitative estimate of drug-likeness (QED) is 0.946. The number of carbonyl (C=O) groups is 2. The molecule has 118 valence electrons. The molecule has 0 spiro atoms. The molecule has 5 heteroatoms. The number of para-hydroxylation sites is 1. The Balaban J connectivity index is 1.73. The molecule has 23 heavy (non-hydrogen) atoms. The third-order valence-corrected chi connectivity index (χ3v) is 3.97. The zero-order valence-electron chi connectivity index (χ0n) is 12.8. The lowest BCUT2D eigenvalue weighted by Crippen LogP contribution is -2.47. The summed E-state index contributed by atoms with van der Waals surface area (Å²) in [6, 6.07) is 13.0. The van der Waals surface area contributed by atoms with Gasteiger partial charge in [0, 0.05) is 25.6 Å². The van der Waals surface area contributed by atoms with E-state index in [2.05, 4.69) is 5.32 Å². The number of benzene rings is 2. The van der Waals surface area contributed by atoms with Gasteiger partial charge in [0.2, 0.25) is 11.8 Å². The molecule has 2 aromatic carbocycles. The molecular formula is C18H17FN2O2. The van der Waals surface area contributed by atoms with Gasteiger partial charge >= 0.3 is 0 Å². The second-order valence-electron chi connectivity index (χ2n) is 5.59. The largest absolute Gasteiger partial charge is 0.350 e. The van der Waals surface area contributed by atoms with Crippen molar-refractivity contribution in [2.75, 3.05) is 4.90 Å². The molecule has 1 heterocycles. The first-order valence-electron chi connectivity index (χ1n) is 7.46. The van der Waals surface area contributed by atoms with E-state index >= 15 is 0 Å². The Hall–Kier alpha value is -2.69. The number of hydrogen-bond acceptors (Lipinski definition) is 2. The predicted molar refractivity (Wildman–Crippen MR) is 85.3 cm³/mol. The van der Waals surface area contributed by atoms with Crippen molar-refractivity contribution in [3.05, 3.63) is 65.5 Å². The number of amides is 2. The number of hydrogen-bond donors (Lipinski definition) is 1. The van der Waals surface area contributed by atoms with E-state index in [9.17, 15) is 14.0 Å². The van der Waals surface area contributed by atoms with Gasteiger partial charge in [0.15, 0.2) is 0 Å². The van der Waals surface area contributed by atoms with E-state index in [1.54, 1.807) is 12.1 Å². The summed E-state index contributed by atoms with van der Waals surface area (Å²) >= 11 is 0. The summed E-state index contributed by atoms with van der Waals surface area (Å²) < 4.78 is 13.2. The van der Waals surface area contributed by atoms with Gasteiger partial charge in [-0.3, -0.25) is 14.5 Å². The van der Waals surface area contributed by atoms with Crippen molar-refractivity contribution in [1.29, 1.82) is 0 Å². The highest BCUT2D eigenvalue weighted by atomic mass is 19.1. The normalized spacial score (nSPS) is 16.1. The Kier molecular flexibility index (Phi) is 4.10. The maximum absolute atomic E-state index is 13.2. The maximum Gasteiger partial charge on any atom is 0.243 e. The average Bonchev–Trinajstić information content (AvgIpc) is 2.92. The van der Waals surface area contributed by atoms with Gasteiger partial charge in [0.1, 0.15) is 11.9 Å². The summed E-state index contributed by atoms with van der Waals surface area (Å²) in [4.78, 5) is 26.0. The molecular weight excluding hydrogens is 295 g/mol. The summed E-state index contributed by atoms with van der Waals surface area (Å²) in [5.41, 5.74) is 2.45. The summed E-state index contributed by atoms with van der Waals surface area (Å²) in [6.07, 6.45) is 0.491. The zero-order chi connectivity index (χ0) is 16.4. The fourth-order valence-corrected chi connectivity index (χ4v) is 2.94. The summed E-state index contributed by atoms with van der Waals surface area (Å²) in [6.45, 7) is 1.68. The van der Waals surface area contributed by atoms with Gasteiger partial charge < -0.3 is 5.32 Å². The van der Waals surface area contributed by atoms with Crippen molar-refractivity contribution < 1.29 is 14.0 Å². The number of carbonyl (C=O) groups excluding carboxylic acids is 2. The van der Waals surface area contributed by atoms with Gasteiger partial charge in [0.05, 0.1) is 0 Å². The van der Waals surface area contributed by atoms with E-state index in [1.165, 1.54) is 24.0 Å². The Bertz CT molecular complexity index is 760. The molecule has 4 nitrogen and oxygen atoms in total. The molecule has 2 aromatic rings. The van der Waals surface area contributed by atoms with E-state index < -0.39 is 6.04 Å². The molecule has 3 rings (SSSR count). The van der Waals surface area contributed by atoms with Crippen molar-refractivity contribution in [3.63, 3.8) is 0 Å². The van der Waals surface area contributed by atoms with Crippen LogP contribution in [0.25, 0.3) is 0 Å². The lowest BCUT2D eigenvalue weighted by Gasteiger charge is -2.23. The van der Waals surface area contributed by atoms with Gasteiger partial charge in [-0.1, -0.05) is 30.3 Å². The molecule has 0 aromatic heterocycles. The number of halogens is 1. The predicted octanol–water partition coefficient (Wildman–Crippen LogP) is 2.42. The molecule has 0 fully saturated rings. The highest BCUT2D eigenvalue weighted by Gasteiger charge is 2.36.